The van der Waals surface area contributed by atoms with Crippen LogP contribution in [0.1, 0.15) is 20.8 Å². The Kier molecular flexibility index (Phi) is 7.25. The highest BCUT2D eigenvalue weighted by Crippen LogP contribution is 2.26. The van der Waals surface area contributed by atoms with Gasteiger partial charge in [-0.05, 0) is 45.5 Å². The molecule has 0 fully saturated rings. The van der Waals surface area contributed by atoms with Gasteiger partial charge < -0.3 is 9.29 Å². The Balaban J connectivity index is 0.000000277. The molecule has 2 aromatic rings. The Morgan fingerprint density at radius 1 is 0.889 bits per heavy atom. The van der Waals surface area contributed by atoms with Gasteiger partial charge in [0.25, 0.3) is 0 Å². The minimum absolute atomic E-state index is 0.136. The number of rotatable bonds is 2. The van der Waals surface area contributed by atoms with E-state index in [1.165, 1.54) is 0 Å². The molecule has 0 saturated carbocycles. The van der Waals surface area contributed by atoms with Gasteiger partial charge in [-0.2, -0.15) is 0 Å². The predicted octanol–water partition coefficient (Wildman–Crippen LogP) is 3.52. The van der Waals surface area contributed by atoms with Gasteiger partial charge in [0.1, 0.15) is 20.6 Å². The third-order valence-electron chi connectivity index (χ3n) is 2.72. The monoisotopic (exact) mass is 430 g/mol. The molecule has 0 atom stereocenters. The third kappa shape index (κ3) is 6.08. The second-order valence-corrected chi connectivity index (χ2v) is 7.92. The first-order chi connectivity index (χ1) is 12.2. The normalized spacial score (nSPS) is 11.6. The topological polar surface area (TPSA) is 66.4 Å². The summed E-state index contributed by atoms with van der Waals surface area (Å²) in [6.07, 6.45) is 0. The molecule has 0 heterocycles. The Morgan fingerprint density at radius 3 is 1.67 bits per heavy atom. The molecule has 0 aliphatic rings. The van der Waals surface area contributed by atoms with E-state index in [0.29, 0.717) is 0 Å². The Labute approximate surface area is 158 Å². The van der Waals surface area contributed by atoms with Crippen molar-refractivity contribution < 1.29 is 39.7 Å². The van der Waals surface area contributed by atoms with Crippen molar-refractivity contribution >= 4 is 22.7 Å². The maximum Gasteiger partial charge on any atom is 0.200 e. The minimum Gasteiger partial charge on any atom is -0.744 e. The van der Waals surface area contributed by atoms with Crippen molar-refractivity contribution in [3.63, 3.8) is 0 Å². The lowest BCUT2D eigenvalue weighted by atomic mass is 10.2. The van der Waals surface area contributed by atoms with Crippen LogP contribution in [0.4, 0.5) is 22.0 Å². The number of hydrogen-bond donors (Lipinski definition) is 0. The van der Waals surface area contributed by atoms with E-state index in [1.54, 1.807) is 0 Å². The smallest absolute Gasteiger partial charge is 0.200 e. The van der Waals surface area contributed by atoms with Crippen molar-refractivity contribution in [1.29, 1.82) is 0 Å². The van der Waals surface area contributed by atoms with Crippen LogP contribution in [0, 0.1) is 29.1 Å². The van der Waals surface area contributed by atoms with Gasteiger partial charge in [-0.15, -0.1) is 0 Å². The summed E-state index contributed by atoms with van der Waals surface area (Å²) in [5.74, 6) is -11.9. The molecule has 2 rings (SSSR count). The quantitative estimate of drug-likeness (QED) is 0.240. The van der Waals surface area contributed by atoms with Gasteiger partial charge >= 0.3 is 0 Å². The maximum absolute atomic E-state index is 12.6. The minimum atomic E-state index is -5.77. The lowest BCUT2D eigenvalue weighted by molar-refractivity contribution is 0.127. The SMILES string of the molecule is CC(C)(C)Oc1ccccc1[SH2+].O=S(=O)([O-])c1c(F)c(F)c(F)c(F)c1F. The highest BCUT2D eigenvalue weighted by molar-refractivity contribution is 7.85. The van der Waals surface area contributed by atoms with Crippen LogP contribution in [-0.4, -0.2) is 18.6 Å². The fourth-order valence-electron chi connectivity index (χ4n) is 1.69. The van der Waals surface area contributed by atoms with E-state index >= 15 is 0 Å². The Bertz CT molecular complexity index is 912. The Morgan fingerprint density at radius 2 is 1.30 bits per heavy atom. The molecule has 0 aliphatic heterocycles. The molecular weight excluding hydrogens is 415 g/mol. The fraction of sp³-hybridized carbons (Fsp3) is 0.250. The number of hydrogen-bond acceptors (Lipinski definition) is 4. The zero-order valence-corrected chi connectivity index (χ0v) is 16.1. The van der Waals surface area contributed by atoms with Crippen molar-refractivity contribution in [2.24, 2.45) is 0 Å². The van der Waals surface area contributed by atoms with E-state index in [2.05, 4.69) is 12.6 Å². The molecule has 0 aromatic heterocycles. The van der Waals surface area contributed by atoms with Gasteiger partial charge in [0, 0.05) is 0 Å². The number of para-hydroxylation sites is 1. The number of halogens is 5. The van der Waals surface area contributed by atoms with Gasteiger partial charge in [0.15, 0.2) is 33.9 Å². The summed E-state index contributed by atoms with van der Waals surface area (Å²) >= 11 is 3.47. The van der Waals surface area contributed by atoms with Crippen LogP contribution in [-0.2, 0) is 22.7 Å². The molecule has 0 radical (unpaired) electrons. The van der Waals surface area contributed by atoms with Crippen LogP contribution in [0.3, 0.4) is 0 Å². The van der Waals surface area contributed by atoms with Gasteiger partial charge in [-0.3, -0.25) is 0 Å². The molecular formula is C16H15F5O4S2. The van der Waals surface area contributed by atoms with Crippen molar-refractivity contribution in [2.75, 3.05) is 0 Å². The number of ether oxygens (including phenoxy) is 1. The summed E-state index contributed by atoms with van der Waals surface area (Å²) in [7, 11) is -5.77. The lowest BCUT2D eigenvalue weighted by Gasteiger charge is -2.20. The van der Waals surface area contributed by atoms with Crippen LogP contribution < -0.4 is 4.74 Å². The van der Waals surface area contributed by atoms with Gasteiger partial charge in [0.05, 0.1) is 0 Å². The standard InChI is InChI=1S/C10H14OS.C6HF5O3S/c1-10(2,3)11-8-6-4-5-7-9(8)12;7-1-2(8)4(10)6(15(12,13)14)5(11)3(1)9/h4-7,12H,1-3H3;(H,12,13,14). The van der Waals surface area contributed by atoms with E-state index < -0.39 is 44.1 Å². The van der Waals surface area contributed by atoms with Crippen LogP contribution in [0.25, 0.3) is 0 Å². The average Bonchev–Trinajstić information content (AvgIpc) is 2.51. The van der Waals surface area contributed by atoms with Crippen molar-refractivity contribution in [1.82, 2.24) is 0 Å². The van der Waals surface area contributed by atoms with E-state index in [0.717, 1.165) is 10.6 Å². The lowest BCUT2D eigenvalue weighted by Crippen LogP contribution is -2.23. The van der Waals surface area contributed by atoms with E-state index in [9.17, 15) is 34.9 Å². The second kappa shape index (κ2) is 8.44. The van der Waals surface area contributed by atoms with E-state index in [-0.39, 0.29) is 5.60 Å². The molecule has 11 heteroatoms. The third-order valence-corrected chi connectivity index (χ3v) is 3.99. The van der Waals surface area contributed by atoms with Gasteiger partial charge in [-0.1, -0.05) is 12.1 Å². The van der Waals surface area contributed by atoms with E-state index in [4.69, 9.17) is 4.74 Å². The van der Waals surface area contributed by atoms with Gasteiger partial charge in [0.2, 0.25) is 5.82 Å². The summed E-state index contributed by atoms with van der Waals surface area (Å²) < 4.78 is 98.6. The number of benzene rings is 2. The molecule has 0 N–H and O–H groups in total. The van der Waals surface area contributed by atoms with Crippen LogP contribution in [0.15, 0.2) is 34.1 Å². The Hall–Kier alpha value is -1.85. The zero-order chi connectivity index (χ0) is 21.2. The first-order valence-electron chi connectivity index (χ1n) is 7.13. The summed E-state index contributed by atoms with van der Waals surface area (Å²) in [5.41, 5.74) is -0.136. The summed E-state index contributed by atoms with van der Waals surface area (Å²) in [6, 6.07) is 7.86. The molecule has 4 nitrogen and oxygen atoms in total. The maximum atomic E-state index is 12.6. The molecule has 0 saturated heterocycles. The molecule has 0 unspecified atom stereocenters. The second-order valence-electron chi connectivity index (χ2n) is 6.06. The van der Waals surface area contributed by atoms with Crippen molar-refractivity contribution in [2.45, 2.75) is 36.2 Å². The zero-order valence-electron chi connectivity index (χ0n) is 14.2. The van der Waals surface area contributed by atoms with Crippen LogP contribution in [0.5, 0.6) is 5.75 Å². The summed E-state index contributed by atoms with van der Waals surface area (Å²) in [5, 5.41) is 0. The summed E-state index contributed by atoms with van der Waals surface area (Å²) in [6.45, 7) is 6.10. The first-order valence-corrected chi connectivity index (χ1v) is 9.04. The molecule has 0 spiro atoms. The highest BCUT2D eigenvalue weighted by Gasteiger charge is 2.28. The molecule has 0 aliphatic carbocycles. The van der Waals surface area contributed by atoms with Crippen LogP contribution >= 0.6 is 0 Å². The molecule has 27 heavy (non-hydrogen) atoms. The largest absolute Gasteiger partial charge is 0.744 e. The molecule has 150 valence electrons. The molecule has 0 bridgehead atoms. The fourth-order valence-corrected chi connectivity index (χ4v) is 2.54. The van der Waals surface area contributed by atoms with Gasteiger partial charge in [-0.25, -0.2) is 30.4 Å². The molecule has 2 aromatic carbocycles. The average molecular weight is 430 g/mol. The van der Waals surface area contributed by atoms with E-state index in [1.807, 2.05) is 45.0 Å². The first kappa shape index (κ1) is 23.2. The van der Waals surface area contributed by atoms with Crippen LogP contribution in [0.2, 0.25) is 0 Å². The highest BCUT2D eigenvalue weighted by atomic mass is 32.2. The van der Waals surface area contributed by atoms with Crippen molar-refractivity contribution in [3.05, 3.63) is 53.4 Å². The summed E-state index contributed by atoms with van der Waals surface area (Å²) in [4.78, 5) is -1.38. The predicted molar refractivity (Wildman–Crippen MR) is 89.4 cm³/mol. The van der Waals surface area contributed by atoms with Crippen molar-refractivity contribution in [3.8, 4) is 5.75 Å². The molecule has 0 amide bonds.